The lowest BCUT2D eigenvalue weighted by Gasteiger charge is -2.36. The Balaban J connectivity index is 1.84. The van der Waals surface area contributed by atoms with E-state index in [0.717, 1.165) is 18.4 Å². The summed E-state index contributed by atoms with van der Waals surface area (Å²) in [5.41, 5.74) is 4.68. The van der Waals surface area contributed by atoms with Crippen LogP contribution in [0.15, 0.2) is 41.6 Å². The van der Waals surface area contributed by atoms with Gasteiger partial charge >= 0.3 is 0 Å². The van der Waals surface area contributed by atoms with Crippen LogP contribution >= 0.6 is 0 Å². The quantitative estimate of drug-likeness (QED) is 0.784. The van der Waals surface area contributed by atoms with Gasteiger partial charge in [0.15, 0.2) is 0 Å². The van der Waals surface area contributed by atoms with Crippen molar-refractivity contribution >= 4 is 16.8 Å². The smallest absolute Gasteiger partial charge is 0.250 e. The number of fused-ring (bicyclic) bond motifs is 1. The van der Waals surface area contributed by atoms with Crippen LogP contribution in [0.4, 0.5) is 0 Å². The molecule has 0 spiro atoms. The molecule has 1 atom stereocenters. The third kappa shape index (κ3) is 2.21. The number of benzene rings is 1. The van der Waals surface area contributed by atoms with E-state index in [4.69, 9.17) is 0 Å². The standard InChI is InChI=1S/C21H26N2O/c1-14-15(2)21(24)23(16-9-5-4-6-10-16)20(14)18-13-22(3)19-12-8-7-11-17(18)19/h7-8,11-13,16,20H,4-6,9-10H2,1-3H3. The van der Waals surface area contributed by atoms with Gasteiger partial charge in [0.25, 0.3) is 5.91 Å². The second-order valence-corrected chi connectivity index (χ2v) is 7.43. The summed E-state index contributed by atoms with van der Waals surface area (Å²) >= 11 is 0. The first-order valence-corrected chi connectivity index (χ1v) is 9.13. The van der Waals surface area contributed by atoms with E-state index in [2.05, 4.69) is 53.9 Å². The normalized spacial score (nSPS) is 22.9. The number of amides is 1. The third-order valence-electron chi connectivity index (χ3n) is 6.03. The Morgan fingerprint density at radius 2 is 1.75 bits per heavy atom. The van der Waals surface area contributed by atoms with E-state index < -0.39 is 0 Å². The summed E-state index contributed by atoms with van der Waals surface area (Å²) in [4.78, 5) is 15.2. The molecule has 0 saturated heterocycles. The van der Waals surface area contributed by atoms with E-state index in [-0.39, 0.29) is 11.9 Å². The molecule has 2 aromatic rings. The molecule has 24 heavy (non-hydrogen) atoms. The summed E-state index contributed by atoms with van der Waals surface area (Å²) in [6.45, 7) is 4.14. The molecule has 2 heterocycles. The van der Waals surface area contributed by atoms with Crippen molar-refractivity contribution in [1.29, 1.82) is 0 Å². The van der Waals surface area contributed by atoms with Crippen LogP contribution in [0.2, 0.25) is 0 Å². The van der Waals surface area contributed by atoms with Crippen LogP contribution in [0, 0.1) is 0 Å². The Morgan fingerprint density at radius 1 is 1.04 bits per heavy atom. The second-order valence-electron chi connectivity index (χ2n) is 7.43. The lowest BCUT2D eigenvalue weighted by atomic mass is 9.91. The van der Waals surface area contributed by atoms with Gasteiger partial charge in [-0.15, -0.1) is 0 Å². The highest BCUT2D eigenvalue weighted by Gasteiger charge is 2.41. The lowest BCUT2D eigenvalue weighted by Crippen LogP contribution is -2.40. The zero-order chi connectivity index (χ0) is 16.8. The second kappa shape index (κ2) is 5.80. The Morgan fingerprint density at radius 3 is 2.50 bits per heavy atom. The Labute approximate surface area is 143 Å². The summed E-state index contributed by atoms with van der Waals surface area (Å²) in [5, 5.41) is 1.27. The van der Waals surface area contributed by atoms with Gasteiger partial charge < -0.3 is 9.47 Å². The minimum atomic E-state index is 0.103. The van der Waals surface area contributed by atoms with Gasteiger partial charge in [0.05, 0.1) is 6.04 Å². The van der Waals surface area contributed by atoms with Crippen LogP contribution in [-0.2, 0) is 11.8 Å². The van der Waals surface area contributed by atoms with Crippen LogP contribution < -0.4 is 0 Å². The molecule has 1 saturated carbocycles. The molecule has 126 valence electrons. The molecule has 2 aliphatic rings. The van der Waals surface area contributed by atoms with Gasteiger partial charge in [-0.05, 0) is 38.3 Å². The van der Waals surface area contributed by atoms with E-state index in [1.54, 1.807) is 0 Å². The molecule has 3 nitrogen and oxygen atoms in total. The maximum atomic E-state index is 13.0. The summed E-state index contributed by atoms with van der Waals surface area (Å²) in [7, 11) is 2.10. The first-order chi connectivity index (χ1) is 11.6. The van der Waals surface area contributed by atoms with Crippen LogP contribution in [0.1, 0.15) is 57.6 Å². The van der Waals surface area contributed by atoms with Gasteiger partial charge in [-0.3, -0.25) is 4.79 Å². The molecule has 3 heteroatoms. The SMILES string of the molecule is CC1=C(C)C(c2cn(C)c3ccccc23)N(C2CCCCC2)C1=O. The number of aromatic nitrogens is 1. The van der Waals surface area contributed by atoms with Crippen LogP contribution in [0.3, 0.4) is 0 Å². The number of aryl methyl sites for hydroxylation is 1. The maximum Gasteiger partial charge on any atom is 0.250 e. The van der Waals surface area contributed by atoms with Crippen molar-refractivity contribution in [3.63, 3.8) is 0 Å². The molecule has 1 unspecified atom stereocenters. The van der Waals surface area contributed by atoms with Crippen LogP contribution in [0.25, 0.3) is 10.9 Å². The zero-order valence-corrected chi connectivity index (χ0v) is 14.9. The van der Waals surface area contributed by atoms with Crippen molar-refractivity contribution in [1.82, 2.24) is 9.47 Å². The molecule has 4 rings (SSSR count). The van der Waals surface area contributed by atoms with Gasteiger partial charge in [-0.25, -0.2) is 0 Å². The largest absolute Gasteiger partial charge is 0.350 e. The lowest BCUT2D eigenvalue weighted by molar-refractivity contribution is -0.130. The molecule has 1 aromatic carbocycles. The number of carbonyl (C=O) groups excluding carboxylic acids is 1. The minimum Gasteiger partial charge on any atom is -0.350 e. The van der Waals surface area contributed by atoms with Crippen LogP contribution in [0.5, 0.6) is 0 Å². The first-order valence-electron chi connectivity index (χ1n) is 9.13. The van der Waals surface area contributed by atoms with Crippen molar-refractivity contribution < 1.29 is 4.79 Å². The first kappa shape index (κ1) is 15.5. The van der Waals surface area contributed by atoms with Crippen molar-refractivity contribution in [2.45, 2.75) is 58.0 Å². The van der Waals surface area contributed by atoms with Crippen LogP contribution in [-0.4, -0.2) is 21.4 Å². The number of nitrogens with zero attached hydrogens (tertiary/aromatic N) is 2. The third-order valence-corrected chi connectivity index (χ3v) is 6.03. The average molecular weight is 322 g/mol. The van der Waals surface area contributed by atoms with Crippen molar-refractivity contribution in [2.75, 3.05) is 0 Å². The Kier molecular flexibility index (Phi) is 3.75. The van der Waals surface area contributed by atoms with Crippen molar-refractivity contribution in [3.8, 4) is 0 Å². The number of hydrogen-bond acceptors (Lipinski definition) is 1. The van der Waals surface area contributed by atoms with E-state index >= 15 is 0 Å². The fourth-order valence-electron chi connectivity index (χ4n) is 4.60. The molecule has 0 bridgehead atoms. The molecule has 1 fully saturated rings. The number of para-hydroxylation sites is 1. The fourth-order valence-corrected chi connectivity index (χ4v) is 4.60. The predicted molar refractivity (Wildman–Crippen MR) is 97.8 cm³/mol. The highest BCUT2D eigenvalue weighted by molar-refractivity contribution is 5.98. The molecule has 1 aromatic heterocycles. The van der Waals surface area contributed by atoms with Crippen molar-refractivity contribution in [2.24, 2.45) is 7.05 Å². The van der Waals surface area contributed by atoms with E-state index in [1.807, 2.05) is 6.92 Å². The highest BCUT2D eigenvalue weighted by Crippen LogP contribution is 2.44. The summed E-state index contributed by atoms with van der Waals surface area (Å²) < 4.78 is 2.19. The van der Waals surface area contributed by atoms with Gasteiger partial charge in [0.1, 0.15) is 0 Å². The van der Waals surface area contributed by atoms with Gasteiger partial charge in [-0.1, -0.05) is 37.5 Å². The monoisotopic (exact) mass is 322 g/mol. The summed E-state index contributed by atoms with van der Waals surface area (Å²) in [6.07, 6.45) is 8.31. The predicted octanol–water partition coefficient (Wildman–Crippen LogP) is 4.73. The highest BCUT2D eigenvalue weighted by atomic mass is 16.2. The Hall–Kier alpha value is -2.03. The van der Waals surface area contributed by atoms with Crippen molar-refractivity contribution in [3.05, 3.63) is 47.2 Å². The molecule has 1 aliphatic heterocycles. The molecule has 0 N–H and O–H groups in total. The minimum absolute atomic E-state index is 0.103. The summed E-state index contributed by atoms with van der Waals surface area (Å²) in [6, 6.07) is 9.02. The van der Waals surface area contributed by atoms with Gasteiger partial charge in [0, 0.05) is 41.3 Å². The summed E-state index contributed by atoms with van der Waals surface area (Å²) in [5.74, 6) is 0.248. The molecular formula is C21H26N2O. The molecule has 0 radical (unpaired) electrons. The molecule has 1 aliphatic carbocycles. The Bertz CT molecular complexity index is 823. The number of rotatable bonds is 2. The fraction of sp³-hybridized carbons (Fsp3) is 0.476. The molecule has 1 amide bonds. The maximum absolute atomic E-state index is 13.0. The van der Waals surface area contributed by atoms with Gasteiger partial charge in [-0.2, -0.15) is 0 Å². The topological polar surface area (TPSA) is 25.2 Å². The number of carbonyl (C=O) groups is 1. The van der Waals surface area contributed by atoms with E-state index in [1.165, 1.54) is 41.3 Å². The van der Waals surface area contributed by atoms with E-state index in [9.17, 15) is 4.79 Å². The zero-order valence-electron chi connectivity index (χ0n) is 14.9. The number of hydrogen-bond donors (Lipinski definition) is 0. The van der Waals surface area contributed by atoms with E-state index in [0.29, 0.717) is 6.04 Å². The average Bonchev–Trinajstić information content (AvgIpc) is 3.05. The molecular weight excluding hydrogens is 296 g/mol. The van der Waals surface area contributed by atoms with Gasteiger partial charge in [0.2, 0.25) is 0 Å².